The molecule has 1 aliphatic rings. The number of ether oxygens (including phenoxy) is 1. The minimum atomic E-state index is -0.458. The summed E-state index contributed by atoms with van der Waals surface area (Å²) in [5, 5.41) is 4.75. The molecule has 4 aromatic rings. The van der Waals surface area contributed by atoms with Crippen molar-refractivity contribution in [3.63, 3.8) is 0 Å². The van der Waals surface area contributed by atoms with Crippen LogP contribution in [0.4, 0.5) is 4.39 Å². The van der Waals surface area contributed by atoms with Crippen LogP contribution in [0.15, 0.2) is 67.0 Å². The van der Waals surface area contributed by atoms with Crippen LogP contribution in [0.1, 0.15) is 24.4 Å². The number of halogens is 2. The van der Waals surface area contributed by atoms with Crippen molar-refractivity contribution in [2.75, 3.05) is 0 Å². The number of nitrogens with zero attached hydrogens (tertiary/aromatic N) is 4. The van der Waals surface area contributed by atoms with E-state index < -0.39 is 5.82 Å². The van der Waals surface area contributed by atoms with E-state index in [2.05, 4.69) is 10.1 Å². The standard InChI is InChI=1S/C23H18ClFN4O/c24-20-12-16(6-9-21(20)25)22-27-23(29(28-22)18-7-8-18)17-4-1-5-19(11-17)30-14-15-3-2-10-26-13-15/h1-6,9-13,18H,7-8,14H2. The lowest BCUT2D eigenvalue weighted by molar-refractivity contribution is 0.306. The predicted octanol–water partition coefficient (Wildman–Crippen LogP) is 5.71. The number of benzene rings is 2. The molecule has 0 bridgehead atoms. The molecule has 0 atom stereocenters. The van der Waals surface area contributed by atoms with Gasteiger partial charge in [0.25, 0.3) is 0 Å². The number of rotatable bonds is 6. The van der Waals surface area contributed by atoms with Crippen molar-refractivity contribution < 1.29 is 9.13 Å². The van der Waals surface area contributed by atoms with Gasteiger partial charge in [0, 0.05) is 29.1 Å². The number of hydrogen-bond acceptors (Lipinski definition) is 4. The highest BCUT2D eigenvalue weighted by molar-refractivity contribution is 6.31. The highest BCUT2D eigenvalue weighted by Gasteiger charge is 2.29. The molecule has 30 heavy (non-hydrogen) atoms. The van der Waals surface area contributed by atoms with Gasteiger partial charge in [-0.2, -0.15) is 5.10 Å². The molecule has 1 saturated carbocycles. The molecule has 0 aliphatic heterocycles. The third-order valence-corrected chi connectivity index (χ3v) is 5.21. The monoisotopic (exact) mass is 420 g/mol. The van der Waals surface area contributed by atoms with Crippen LogP contribution in [0.3, 0.4) is 0 Å². The van der Waals surface area contributed by atoms with Crippen LogP contribution in [0.25, 0.3) is 22.8 Å². The highest BCUT2D eigenvalue weighted by Crippen LogP contribution is 2.39. The molecular formula is C23H18ClFN4O. The van der Waals surface area contributed by atoms with Gasteiger partial charge in [0.1, 0.15) is 18.2 Å². The van der Waals surface area contributed by atoms with Gasteiger partial charge in [-0.1, -0.05) is 29.8 Å². The van der Waals surface area contributed by atoms with E-state index in [0.29, 0.717) is 24.0 Å². The van der Waals surface area contributed by atoms with Gasteiger partial charge >= 0.3 is 0 Å². The van der Waals surface area contributed by atoms with E-state index in [1.807, 2.05) is 41.1 Å². The Morgan fingerprint density at radius 1 is 1.07 bits per heavy atom. The second-order valence-corrected chi connectivity index (χ2v) is 7.65. The van der Waals surface area contributed by atoms with Gasteiger partial charge in [-0.15, -0.1) is 0 Å². The molecule has 5 nitrogen and oxygen atoms in total. The summed E-state index contributed by atoms with van der Waals surface area (Å²) in [5.41, 5.74) is 2.60. The summed E-state index contributed by atoms with van der Waals surface area (Å²) in [6.07, 6.45) is 5.66. The van der Waals surface area contributed by atoms with Crippen LogP contribution in [0, 0.1) is 5.82 Å². The lowest BCUT2D eigenvalue weighted by atomic mass is 10.2. The zero-order valence-electron chi connectivity index (χ0n) is 16.0. The van der Waals surface area contributed by atoms with Gasteiger partial charge in [0.2, 0.25) is 0 Å². The summed E-state index contributed by atoms with van der Waals surface area (Å²) in [5.74, 6) is 1.58. The average Bonchev–Trinajstić information content (AvgIpc) is 3.53. The van der Waals surface area contributed by atoms with E-state index in [9.17, 15) is 4.39 Å². The van der Waals surface area contributed by atoms with Crippen LogP contribution in [-0.2, 0) is 6.61 Å². The first-order valence-corrected chi connectivity index (χ1v) is 10.1. The summed E-state index contributed by atoms with van der Waals surface area (Å²) >= 11 is 5.95. The maximum atomic E-state index is 13.5. The molecule has 0 spiro atoms. The van der Waals surface area contributed by atoms with Crippen molar-refractivity contribution in [1.29, 1.82) is 0 Å². The Labute approximate surface area is 178 Å². The first kappa shape index (κ1) is 18.8. The van der Waals surface area contributed by atoms with Crippen LogP contribution >= 0.6 is 11.6 Å². The average molecular weight is 421 g/mol. The van der Waals surface area contributed by atoms with E-state index in [0.717, 1.165) is 35.5 Å². The fourth-order valence-corrected chi connectivity index (χ4v) is 3.41. The number of pyridine rings is 1. The minimum absolute atomic E-state index is 0.0580. The molecule has 1 aliphatic carbocycles. The third kappa shape index (κ3) is 3.91. The molecule has 7 heteroatoms. The first-order valence-electron chi connectivity index (χ1n) is 9.71. The lowest BCUT2D eigenvalue weighted by Crippen LogP contribution is -2.00. The summed E-state index contributed by atoms with van der Waals surface area (Å²) in [4.78, 5) is 8.86. The van der Waals surface area contributed by atoms with Crippen LogP contribution in [0.5, 0.6) is 5.75 Å². The fourth-order valence-electron chi connectivity index (χ4n) is 3.23. The van der Waals surface area contributed by atoms with Crippen molar-refractivity contribution in [3.05, 3.63) is 83.4 Å². The quantitative estimate of drug-likeness (QED) is 0.400. The Balaban J connectivity index is 1.46. The van der Waals surface area contributed by atoms with Gasteiger partial charge < -0.3 is 4.74 Å². The summed E-state index contributed by atoms with van der Waals surface area (Å²) in [6, 6.07) is 16.5. The van der Waals surface area contributed by atoms with E-state index in [1.165, 1.54) is 6.07 Å². The number of hydrogen-bond donors (Lipinski definition) is 0. The molecule has 0 unspecified atom stereocenters. The van der Waals surface area contributed by atoms with E-state index in [-0.39, 0.29) is 5.02 Å². The van der Waals surface area contributed by atoms with Crippen molar-refractivity contribution in [2.24, 2.45) is 0 Å². The normalized spacial score (nSPS) is 13.4. The Hall–Kier alpha value is -3.25. The third-order valence-electron chi connectivity index (χ3n) is 4.92. The van der Waals surface area contributed by atoms with Gasteiger partial charge in [-0.25, -0.2) is 14.1 Å². The SMILES string of the molecule is Fc1ccc(-c2nc(-c3cccc(OCc4cccnc4)c3)n(C3CC3)n2)cc1Cl. The summed E-state index contributed by atoms with van der Waals surface area (Å²) < 4.78 is 21.4. The van der Waals surface area contributed by atoms with Crippen LogP contribution in [-0.4, -0.2) is 19.7 Å². The lowest BCUT2D eigenvalue weighted by Gasteiger charge is -2.08. The van der Waals surface area contributed by atoms with Crippen molar-refractivity contribution in [3.8, 4) is 28.5 Å². The van der Waals surface area contributed by atoms with Gasteiger partial charge in [0.05, 0.1) is 11.1 Å². The molecule has 150 valence electrons. The Morgan fingerprint density at radius 2 is 1.97 bits per heavy atom. The highest BCUT2D eigenvalue weighted by atomic mass is 35.5. The van der Waals surface area contributed by atoms with E-state index in [1.54, 1.807) is 24.5 Å². The minimum Gasteiger partial charge on any atom is -0.489 e. The largest absolute Gasteiger partial charge is 0.489 e. The fraction of sp³-hybridized carbons (Fsp3) is 0.174. The van der Waals surface area contributed by atoms with Gasteiger partial charge in [-0.05, 0) is 49.2 Å². The van der Waals surface area contributed by atoms with Crippen LogP contribution < -0.4 is 4.74 Å². The van der Waals surface area contributed by atoms with Gasteiger partial charge in [0.15, 0.2) is 11.6 Å². The van der Waals surface area contributed by atoms with Gasteiger partial charge in [-0.3, -0.25) is 4.98 Å². The second kappa shape index (κ2) is 7.88. The van der Waals surface area contributed by atoms with Crippen molar-refractivity contribution in [1.82, 2.24) is 19.7 Å². The molecule has 0 N–H and O–H groups in total. The molecular weight excluding hydrogens is 403 g/mol. The Morgan fingerprint density at radius 3 is 2.73 bits per heavy atom. The van der Waals surface area contributed by atoms with Crippen molar-refractivity contribution in [2.45, 2.75) is 25.5 Å². The summed E-state index contributed by atoms with van der Waals surface area (Å²) in [7, 11) is 0. The molecule has 0 radical (unpaired) electrons. The molecule has 2 heterocycles. The molecule has 1 fully saturated rings. The summed E-state index contributed by atoms with van der Waals surface area (Å²) in [6.45, 7) is 0.436. The Bertz CT molecular complexity index is 1190. The molecule has 2 aromatic heterocycles. The smallest absolute Gasteiger partial charge is 0.181 e. The Kier molecular flexibility index (Phi) is 4.93. The zero-order valence-corrected chi connectivity index (χ0v) is 16.8. The van der Waals surface area contributed by atoms with Crippen LogP contribution in [0.2, 0.25) is 5.02 Å². The predicted molar refractivity (Wildman–Crippen MR) is 113 cm³/mol. The van der Waals surface area contributed by atoms with E-state index in [4.69, 9.17) is 21.3 Å². The topological polar surface area (TPSA) is 52.8 Å². The molecule has 5 rings (SSSR count). The molecule has 2 aromatic carbocycles. The maximum absolute atomic E-state index is 13.5. The maximum Gasteiger partial charge on any atom is 0.181 e. The first-order chi connectivity index (χ1) is 14.7. The van der Waals surface area contributed by atoms with Crippen molar-refractivity contribution >= 4 is 11.6 Å². The molecule has 0 amide bonds. The second-order valence-electron chi connectivity index (χ2n) is 7.24. The number of aromatic nitrogens is 4. The van der Waals surface area contributed by atoms with E-state index >= 15 is 0 Å². The molecule has 0 saturated heterocycles. The zero-order chi connectivity index (χ0) is 20.5.